The normalized spacial score (nSPS) is 17.0. The first-order chi connectivity index (χ1) is 12.0. The van der Waals surface area contributed by atoms with Crippen molar-refractivity contribution < 1.29 is 9.59 Å². The van der Waals surface area contributed by atoms with Crippen molar-refractivity contribution >= 4 is 39.1 Å². The molecule has 2 amide bonds. The fourth-order valence-corrected chi connectivity index (χ4v) is 3.48. The molecule has 2 aromatic carbocycles. The van der Waals surface area contributed by atoms with E-state index in [0.717, 1.165) is 33.4 Å². The molecule has 1 aliphatic heterocycles. The molecule has 1 N–H and O–H groups in total. The standard InChI is InChI=1S/C20H21BrN2O2/c1-3-14-10-16(21)6-9-18(14)22-20(25)15-11-19(24)23(12-15)17-7-4-13(2)5-8-17/h4-10,15H,3,11-12H2,1-2H3,(H,22,25). The molecular weight excluding hydrogens is 380 g/mol. The number of carbonyl (C=O) groups excluding carboxylic acids is 2. The average Bonchev–Trinajstić information content (AvgIpc) is 2.99. The molecule has 0 aromatic heterocycles. The lowest BCUT2D eigenvalue weighted by Crippen LogP contribution is -2.28. The lowest BCUT2D eigenvalue weighted by Gasteiger charge is -2.17. The van der Waals surface area contributed by atoms with Crippen LogP contribution in [0.1, 0.15) is 24.5 Å². The molecule has 1 fully saturated rings. The molecule has 0 radical (unpaired) electrons. The fourth-order valence-electron chi connectivity index (χ4n) is 3.07. The third-order valence-corrected chi connectivity index (χ3v) is 5.04. The summed E-state index contributed by atoms with van der Waals surface area (Å²) in [7, 11) is 0. The second-order valence-corrected chi connectivity index (χ2v) is 7.30. The van der Waals surface area contributed by atoms with E-state index in [1.54, 1.807) is 4.90 Å². The van der Waals surface area contributed by atoms with Gasteiger partial charge < -0.3 is 10.2 Å². The molecule has 2 aromatic rings. The number of nitrogens with one attached hydrogen (secondary N) is 1. The van der Waals surface area contributed by atoms with Gasteiger partial charge in [0, 0.05) is 28.8 Å². The van der Waals surface area contributed by atoms with E-state index in [-0.39, 0.29) is 24.2 Å². The van der Waals surface area contributed by atoms with E-state index in [1.165, 1.54) is 0 Å². The van der Waals surface area contributed by atoms with Crippen molar-refractivity contribution in [2.75, 3.05) is 16.8 Å². The van der Waals surface area contributed by atoms with Gasteiger partial charge in [0.25, 0.3) is 0 Å². The van der Waals surface area contributed by atoms with Crippen molar-refractivity contribution in [1.82, 2.24) is 0 Å². The third-order valence-electron chi connectivity index (χ3n) is 4.55. The molecule has 0 aliphatic carbocycles. The molecule has 1 atom stereocenters. The highest BCUT2D eigenvalue weighted by Gasteiger charge is 2.35. The molecule has 0 saturated carbocycles. The molecule has 4 nitrogen and oxygen atoms in total. The maximum atomic E-state index is 12.6. The molecule has 0 spiro atoms. The number of hydrogen-bond acceptors (Lipinski definition) is 2. The number of amides is 2. The number of anilines is 2. The van der Waals surface area contributed by atoms with Crippen molar-refractivity contribution in [3.8, 4) is 0 Å². The number of hydrogen-bond donors (Lipinski definition) is 1. The van der Waals surface area contributed by atoms with Crippen LogP contribution < -0.4 is 10.2 Å². The van der Waals surface area contributed by atoms with Gasteiger partial charge in [0.05, 0.1) is 5.92 Å². The second-order valence-electron chi connectivity index (χ2n) is 6.39. The maximum Gasteiger partial charge on any atom is 0.229 e. The van der Waals surface area contributed by atoms with Crippen LogP contribution in [0.25, 0.3) is 0 Å². The largest absolute Gasteiger partial charge is 0.326 e. The third kappa shape index (κ3) is 3.93. The summed E-state index contributed by atoms with van der Waals surface area (Å²) in [5, 5.41) is 2.99. The topological polar surface area (TPSA) is 49.4 Å². The van der Waals surface area contributed by atoms with Gasteiger partial charge in [-0.25, -0.2) is 0 Å². The van der Waals surface area contributed by atoms with Gasteiger partial charge in [-0.2, -0.15) is 0 Å². The summed E-state index contributed by atoms with van der Waals surface area (Å²) in [6.07, 6.45) is 1.08. The Bertz CT molecular complexity index is 802. The summed E-state index contributed by atoms with van der Waals surface area (Å²) in [4.78, 5) is 26.7. The van der Waals surface area contributed by atoms with E-state index in [1.807, 2.05) is 49.4 Å². The van der Waals surface area contributed by atoms with Gasteiger partial charge in [0.2, 0.25) is 11.8 Å². The van der Waals surface area contributed by atoms with Crippen LogP contribution in [0.15, 0.2) is 46.9 Å². The summed E-state index contributed by atoms with van der Waals surface area (Å²) in [6.45, 7) is 4.48. The zero-order valence-corrected chi connectivity index (χ0v) is 16.0. The van der Waals surface area contributed by atoms with Gasteiger partial charge in [-0.05, 0) is 49.2 Å². The predicted molar refractivity (Wildman–Crippen MR) is 104 cm³/mol. The number of aryl methyl sites for hydroxylation is 2. The first-order valence-corrected chi connectivity index (χ1v) is 9.23. The Labute approximate surface area is 156 Å². The Balaban J connectivity index is 1.72. The molecule has 1 unspecified atom stereocenters. The van der Waals surface area contributed by atoms with Crippen LogP contribution in [-0.4, -0.2) is 18.4 Å². The second kappa shape index (κ2) is 7.40. The molecular formula is C20H21BrN2O2. The number of carbonyl (C=O) groups is 2. The SMILES string of the molecule is CCc1cc(Br)ccc1NC(=O)C1CC(=O)N(c2ccc(C)cc2)C1. The van der Waals surface area contributed by atoms with E-state index in [9.17, 15) is 9.59 Å². The zero-order valence-electron chi connectivity index (χ0n) is 14.4. The van der Waals surface area contributed by atoms with Crippen molar-refractivity contribution in [2.24, 2.45) is 5.92 Å². The smallest absolute Gasteiger partial charge is 0.229 e. The van der Waals surface area contributed by atoms with Crippen molar-refractivity contribution in [2.45, 2.75) is 26.7 Å². The van der Waals surface area contributed by atoms with Gasteiger partial charge in [-0.1, -0.05) is 40.5 Å². The molecule has 3 rings (SSSR count). The quantitative estimate of drug-likeness (QED) is 0.830. The average molecular weight is 401 g/mol. The van der Waals surface area contributed by atoms with E-state index in [0.29, 0.717) is 6.54 Å². The molecule has 5 heteroatoms. The predicted octanol–water partition coefficient (Wildman–Crippen LogP) is 4.31. The minimum atomic E-state index is -0.331. The molecule has 0 bridgehead atoms. The number of nitrogens with zero attached hydrogens (tertiary/aromatic N) is 1. The van der Waals surface area contributed by atoms with Gasteiger partial charge in [-0.15, -0.1) is 0 Å². The Morgan fingerprint density at radius 2 is 1.96 bits per heavy atom. The summed E-state index contributed by atoms with van der Waals surface area (Å²) < 4.78 is 0.990. The van der Waals surface area contributed by atoms with Gasteiger partial charge in [0.15, 0.2) is 0 Å². The van der Waals surface area contributed by atoms with Gasteiger partial charge in [-0.3, -0.25) is 9.59 Å². The van der Waals surface area contributed by atoms with Gasteiger partial charge in [0.1, 0.15) is 0 Å². The monoisotopic (exact) mass is 400 g/mol. The number of halogens is 1. The van der Waals surface area contributed by atoms with Crippen molar-refractivity contribution in [3.63, 3.8) is 0 Å². The first kappa shape index (κ1) is 17.7. The lowest BCUT2D eigenvalue weighted by molar-refractivity contribution is -0.122. The van der Waals surface area contributed by atoms with E-state index >= 15 is 0 Å². The van der Waals surface area contributed by atoms with Crippen molar-refractivity contribution in [3.05, 3.63) is 58.1 Å². The van der Waals surface area contributed by atoms with Crippen LogP contribution in [0, 0.1) is 12.8 Å². The van der Waals surface area contributed by atoms with E-state index in [2.05, 4.69) is 28.2 Å². The fraction of sp³-hybridized carbons (Fsp3) is 0.300. The molecule has 1 saturated heterocycles. The van der Waals surface area contributed by atoms with E-state index in [4.69, 9.17) is 0 Å². The highest BCUT2D eigenvalue weighted by Crippen LogP contribution is 2.27. The van der Waals surface area contributed by atoms with Crippen LogP contribution in [-0.2, 0) is 16.0 Å². The first-order valence-electron chi connectivity index (χ1n) is 8.44. The van der Waals surface area contributed by atoms with Crippen LogP contribution in [0.5, 0.6) is 0 Å². The van der Waals surface area contributed by atoms with Crippen LogP contribution in [0.3, 0.4) is 0 Å². The van der Waals surface area contributed by atoms with E-state index < -0.39 is 0 Å². The van der Waals surface area contributed by atoms with Gasteiger partial charge >= 0.3 is 0 Å². The molecule has 25 heavy (non-hydrogen) atoms. The van der Waals surface area contributed by atoms with Crippen LogP contribution >= 0.6 is 15.9 Å². The Hall–Kier alpha value is -2.14. The molecule has 1 aliphatic rings. The summed E-state index contributed by atoms with van der Waals surface area (Å²) in [6, 6.07) is 13.6. The van der Waals surface area contributed by atoms with Crippen molar-refractivity contribution in [1.29, 1.82) is 0 Å². The zero-order chi connectivity index (χ0) is 18.0. The summed E-state index contributed by atoms with van der Waals surface area (Å²) >= 11 is 3.45. The molecule has 1 heterocycles. The Morgan fingerprint density at radius 3 is 2.64 bits per heavy atom. The highest BCUT2D eigenvalue weighted by molar-refractivity contribution is 9.10. The van der Waals surface area contributed by atoms with Crippen LogP contribution in [0.2, 0.25) is 0 Å². The number of benzene rings is 2. The number of rotatable bonds is 4. The lowest BCUT2D eigenvalue weighted by atomic mass is 10.1. The Morgan fingerprint density at radius 1 is 1.24 bits per heavy atom. The Kier molecular flexibility index (Phi) is 5.23. The summed E-state index contributed by atoms with van der Waals surface area (Å²) in [5.41, 5.74) is 3.88. The molecule has 130 valence electrons. The summed E-state index contributed by atoms with van der Waals surface area (Å²) in [5.74, 6) is -0.433. The van der Waals surface area contributed by atoms with Crippen LogP contribution in [0.4, 0.5) is 11.4 Å². The highest BCUT2D eigenvalue weighted by atomic mass is 79.9. The minimum Gasteiger partial charge on any atom is -0.326 e. The minimum absolute atomic E-state index is 0.00414. The maximum absolute atomic E-state index is 12.6.